The maximum atomic E-state index is 10.1. The number of isocyanates is 1. The average Bonchev–Trinajstić information content (AvgIpc) is 2.40. The molecule has 2 aromatic rings. The standard InChI is InChI=1S/C14H11NOS/c1-17-14-8-4-12(5-9-14)11-2-6-13(7-3-11)15-10-16/h2-9H,1H3. The van der Waals surface area contributed by atoms with E-state index in [2.05, 4.69) is 35.5 Å². The summed E-state index contributed by atoms with van der Waals surface area (Å²) in [6, 6.07) is 15.9. The van der Waals surface area contributed by atoms with Crippen LogP contribution in [0.2, 0.25) is 0 Å². The van der Waals surface area contributed by atoms with Crippen LogP contribution in [0.3, 0.4) is 0 Å². The number of carbonyl (C=O) groups excluding carboxylic acids is 1. The van der Waals surface area contributed by atoms with Crippen molar-refractivity contribution in [3.8, 4) is 11.1 Å². The molecule has 0 spiro atoms. The van der Waals surface area contributed by atoms with E-state index >= 15 is 0 Å². The normalized spacial score (nSPS) is 9.71. The predicted molar refractivity (Wildman–Crippen MR) is 71.4 cm³/mol. The van der Waals surface area contributed by atoms with E-state index in [0.29, 0.717) is 5.69 Å². The summed E-state index contributed by atoms with van der Waals surface area (Å²) in [6.07, 6.45) is 3.59. The number of hydrogen-bond donors (Lipinski definition) is 0. The van der Waals surface area contributed by atoms with Gasteiger partial charge >= 0.3 is 0 Å². The molecular weight excluding hydrogens is 230 g/mol. The number of benzene rings is 2. The highest BCUT2D eigenvalue weighted by molar-refractivity contribution is 7.98. The van der Waals surface area contributed by atoms with Gasteiger partial charge in [0.1, 0.15) is 0 Å². The van der Waals surface area contributed by atoms with Crippen molar-refractivity contribution in [2.24, 2.45) is 4.99 Å². The summed E-state index contributed by atoms with van der Waals surface area (Å²) in [6.45, 7) is 0. The second-order valence-electron chi connectivity index (χ2n) is 3.48. The Labute approximate surface area is 104 Å². The Balaban J connectivity index is 2.29. The summed E-state index contributed by atoms with van der Waals surface area (Å²) >= 11 is 1.72. The van der Waals surface area contributed by atoms with E-state index in [4.69, 9.17) is 0 Å². The molecule has 2 nitrogen and oxygen atoms in total. The van der Waals surface area contributed by atoms with Crippen molar-refractivity contribution in [1.82, 2.24) is 0 Å². The zero-order valence-corrected chi connectivity index (χ0v) is 10.2. The minimum Gasteiger partial charge on any atom is -0.211 e. The van der Waals surface area contributed by atoms with Crippen LogP contribution >= 0.6 is 11.8 Å². The largest absolute Gasteiger partial charge is 0.240 e. The van der Waals surface area contributed by atoms with Crippen LogP contribution in [0.15, 0.2) is 58.4 Å². The van der Waals surface area contributed by atoms with Crippen molar-refractivity contribution in [1.29, 1.82) is 0 Å². The molecule has 0 amide bonds. The number of nitrogens with zero attached hydrogens (tertiary/aromatic N) is 1. The molecule has 0 radical (unpaired) electrons. The molecule has 0 aliphatic rings. The molecule has 17 heavy (non-hydrogen) atoms. The van der Waals surface area contributed by atoms with Gasteiger partial charge in [-0.05, 0) is 41.6 Å². The lowest BCUT2D eigenvalue weighted by atomic mass is 10.1. The fourth-order valence-electron chi connectivity index (χ4n) is 1.56. The first-order valence-corrected chi connectivity index (χ1v) is 6.38. The van der Waals surface area contributed by atoms with Gasteiger partial charge < -0.3 is 0 Å². The summed E-state index contributed by atoms with van der Waals surface area (Å²) in [5.41, 5.74) is 2.90. The first-order valence-electron chi connectivity index (χ1n) is 5.16. The molecule has 0 unspecified atom stereocenters. The van der Waals surface area contributed by atoms with Crippen molar-refractivity contribution in [3.05, 3.63) is 48.5 Å². The summed E-state index contributed by atoms with van der Waals surface area (Å²) in [4.78, 5) is 14.9. The van der Waals surface area contributed by atoms with Crippen LogP contribution in [0.4, 0.5) is 5.69 Å². The van der Waals surface area contributed by atoms with Crippen LogP contribution in [0.25, 0.3) is 11.1 Å². The minimum atomic E-state index is 0.629. The van der Waals surface area contributed by atoms with Crippen molar-refractivity contribution in [2.45, 2.75) is 4.90 Å². The third-order valence-electron chi connectivity index (χ3n) is 2.47. The van der Waals surface area contributed by atoms with Crippen LogP contribution in [-0.2, 0) is 4.79 Å². The maximum Gasteiger partial charge on any atom is 0.240 e. The topological polar surface area (TPSA) is 29.4 Å². The first-order chi connectivity index (χ1) is 8.33. The molecule has 0 aliphatic heterocycles. The number of hydrogen-bond acceptors (Lipinski definition) is 3. The van der Waals surface area contributed by atoms with E-state index in [1.54, 1.807) is 11.8 Å². The number of aliphatic imine (C=N–C) groups is 1. The highest BCUT2D eigenvalue weighted by Crippen LogP contribution is 2.24. The van der Waals surface area contributed by atoms with Gasteiger partial charge in [0.25, 0.3) is 0 Å². The molecule has 0 bridgehead atoms. The van der Waals surface area contributed by atoms with E-state index in [-0.39, 0.29) is 0 Å². The molecule has 2 rings (SSSR count). The van der Waals surface area contributed by atoms with Crippen LogP contribution in [0, 0.1) is 0 Å². The van der Waals surface area contributed by atoms with Gasteiger partial charge in [-0.2, -0.15) is 4.99 Å². The molecule has 0 heterocycles. The lowest BCUT2D eigenvalue weighted by Crippen LogP contribution is -1.77. The Morgan fingerprint density at radius 1 is 0.941 bits per heavy atom. The molecule has 0 atom stereocenters. The van der Waals surface area contributed by atoms with Gasteiger partial charge in [0.15, 0.2) is 0 Å². The molecule has 3 heteroatoms. The zero-order valence-electron chi connectivity index (χ0n) is 9.38. The average molecular weight is 241 g/mol. The Hall–Kier alpha value is -1.83. The van der Waals surface area contributed by atoms with Crippen molar-refractivity contribution in [3.63, 3.8) is 0 Å². The Morgan fingerprint density at radius 2 is 1.47 bits per heavy atom. The number of thioether (sulfide) groups is 1. The van der Waals surface area contributed by atoms with Crippen molar-refractivity contribution < 1.29 is 4.79 Å². The summed E-state index contributed by atoms with van der Waals surface area (Å²) in [5, 5.41) is 0. The lowest BCUT2D eigenvalue weighted by Gasteiger charge is -2.03. The van der Waals surface area contributed by atoms with E-state index in [0.717, 1.165) is 11.1 Å². The molecule has 0 aromatic heterocycles. The fraction of sp³-hybridized carbons (Fsp3) is 0.0714. The molecule has 0 N–H and O–H groups in total. The van der Waals surface area contributed by atoms with E-state index in [9.17, 15) is 4.79 Å². The van der Waals surface area contributed by atoms with E-state index in [1.807, 2.05) is 24.3 Å². The molecule has 0 saturated heterocycles. The Kier molecular flexibility index (Phi) is 3.76. The maximum absolute atomic E-state index is 10.1. The first kappa shape index (κ1) is 11.6. The van der Waals surface area contributed by atoms with Crippen LogP contribution < -0.4 is 0 Å². The Bertz CT molecular complexity index is 539. The zero-order chi connectivity index (χ0) is 12.1. The molecule has 0 aliphatic carbocycles. The van der Waals surface area contributed by atoms with E-state index < -0.39 is 0 Å². The number of rotatable bonds is 3. The van der Waals surface area contributed by atoms with Gasteiger partial charge in [-0.3, -0.25) is 0 Å². The van der Waals surface area contributed by atoms with Gasteiger partial charge in [-0.25, -0.2) is 4.79 Å². The van der Waals surface area contributed by atoms with Gasteiger partial charge in [0, 0.05) is 4.90 Å². The summed E-state index contributed by atoms with van der Waals surface area (Å²) in [5.74, 6) is 0. The van der Waals surface area contributed by atoms with Crippen molar-refractivity contribution >= 4 is 23.5 Å². The Morgan fingerprint density at radius 3 is 1.94 bits per heavy atom. The molecular formula is C14H11NOS. The molecule has 0 fully saturated rings. The minimum absolute atomic E-state index is 0.629. The smallest absolute Gasteiger partial charge is 0.211 e. The SMILES string of the molecule is CSc1ccc(-c2ccc(N=C=O)cc2)cc1. The van der Waals surface area contributed by atoms with Crippen molar-refractivity contribution in [2.75, 3.05) is 6.26 Å². The second-order valence-corrected chi connectivity index (χ2v) is 4.36. The highest BCUT2D eigenvalue weighted by Gasteiger charge is 1.98. The van der Waals surface area contributed by atoms with Gasteiger partial charge in [-0.1, -0.05) is 24.3 Å². The fourth-order valence-corrected chi connectivity index (χ4v) is 1.97. The van der Waals surface area contributed by atoms with Crippen LogP contribution in [-0.4, -0.2) is 12.3 Å². The molecule has 84 valence electrons. The van der Waals surface area contributed by atoms with Crippen LogP contribution in [0.5, 0.6) is 0 Å². The third kappa shape index (κ3) is 2.84. The molecule has 2 aromatic carbocycles. The monoisotopic (exact) mass is 241 g/mol. The summed E-state index contributed by atoms with van der Waals surface area (Å²) in [7, 11) is 0. The molecule has 0 saturated carbocycles. The third-order valence-corrected chi connectivity index (χ3v) is 3.21. The van der Waals surface area contributed by atoms with Gasteiger partial charge in [-0.15, -0.1) is 11.8 Å². The van der Waals surface area contributed by atoms with Gasteiger partial charge in [0.2, 0.25) is 6.08 Å². The predicted octanol–water partition coefficient (Wildman–Crippen LogP) is 4.04. The lowest BCUT2D eigenvalue weighted by molar-refractivity contribution is 0.565. The van der Waals surface area contributed by atoms with E-state index in [1.165, 1.54) is 11.0 Å². The van der Waals surface area contributed by atoms with Gasteiger partial charge in [0.05, 0.1) is 5.69 Å². The summed E-state index contributed by atoms with van der Waals surface area (Å²) < 4.78 is 0. The van der Waals surface area contributed by atoms with Crippen LogP contribution in [0.1, 0.15) is 0 Å². The second kappa shape index (κ2) is 5.48. The highest BCUT2D eigenvalue weighted by atomic mass is 32.2. The quantitative estimate of drug-likeness (QED) is 0.461.